The number of nitrogens with zero attached hydrogens (tertiary/aromatic N) is 1. The first-order valence-electron chi connectivity index (χ1n) is 5.76. The van der Waals surface area contributed by atoms with Crippen molar-refractivity contribution in [3.63, 3.8) is 0 Å². The van der Waals surface area contributed by atoms with E-state index >= 15 is 0 Å². The van der Waals surface area contributed by atoms with Crippen molar-refractivity contribution in [2.24, 2.45) is 11.8 Å². The van der Waals surface area contributed by atoms with Gasteiger partial charge in [-0.15, -0.1) is 0 Å². The number of hydrogen-bond donors (Lipinski definition) is 0. The Bertz CT molecular complexity index is 471. The van der Waals surface area contributed by atoms with E-state index in [1.54, 1.807) is 13.0 Å². The summed E-state index contributed by atoms with van der Waals surface area (Å²) < 4.78 is 0. The standard InChI is InChI=1S/C13H16ClNO3/c1-8(2)12(9(3)16)6-10-4-5-11(15(17)18)7-13(10)14/h4-5,7-8,12H,6H2,1-3H3. The molecule has 0 N–H and O–H groups in total. The summed E-state index contributed by atoms with van der Waals surface area (Å²) in [7, 11) is 0. The Morgan fingerprint density at radius 1 is 1.44 bits per heavy atom. The zero-order chi connectivity index (χ0) is 13.9. The second-order valence-electron chi connectivity index (χ2n) is 4.70. The van der Waals surface area contributed by atoms with E-state index in [1.165, 1.54) is 12.1 Å². The zero-order valence-corrected chi connectivity index (χ0v) is 11.4. The molecule has 0 amide bonds. The number of rotatable bonds is 5. The monoisotopic (exact) mass is 269 g/mol. The predicted octanol–water partition coefficient (Wildman–Crippen LogP) is 3.65. The van der Waals surface area contributed by atoms with Crippen molar-refractivity contribution in [1.29, 1.82) is 0 Å². The second kappa shape index (κ2) is 5.96. The minimum Gasteiger partial charge on any atom is -0.300 e. The number of carbonyl (C=O) groups excluding carboxylic acids is 1. The molecule has 0 saturated carbocycles. The van der Waals surface area contributed by atoms with Gasteiger partial charge in [0.15, 0.2) is 0 Å². The highest BCUT2D eigenvalue weighted by atomic mass is 35.5. The Morgan fingerprint density at radius 3 is 2.44 bits per heavy atom. The van der Waals surface area contributed by atoms with Crippen LogP contribution in [0.3, 0.4) is 0 Å². The highest BCUT2D eigenvalue weighted by Crippen LogP contribution is 2.27. The summed E-state index contributed by atoms with van der Waals surface area (Å²) in [5.74, 6) is 0.220. The fourth-order valence-corrected chi connectivity index (χ4v) is 2.15. The van der Waals surface area contributed by atoms with Gasteiger partial charge in [-0.2, -0.15) is 0 Å². The summed E-state index contributed by atoms with van der Waals surface area (Å²) in [5, 5.41) is 10.9. The van der Waals surface area contributed by atoms with Gasteiger partial charge in [0.25, 0.3) is 5.69 Å². The van der Waals surface area contributed by atoms with E-state index < -0.39 is 4.92 Å². The summed E-state index contributed by atoms with van der Waals surface area (Å²) in [5.41, 5.74) is 0.740. The number of halogens is 1. The number of non-ortho nitro benzene ring substituents is 1. The van der Waals surface area contributed by atoms with Gasteiger partial charge in [0.1, 0.15) is 5.78 Å². The summed E-state index contributed by atoms with van der Waals surface area (Å²) >= 11 is 6.01. The van der Waals surface area contributed by atoms with Crippen molar-refractivity contribution >= 4 is 23.1 Å². The van der Waals surface area contributed by atoms with Gasteiger partial charge in [-0.05, 0) is 24.8 Å². The molecule has 4 nitrogen and oxygen atoms in total. The van der Waals surface area contributed by atoms with Crippen LogP contribution in [0.15, 0.2) is 18.2 Å². The lowest BCUT2D eigenvalue weighted by atomic mass is 9.86. The molecule has 0 aromatic heterocycles. The maximum Gasteiger partial charge on any atom is 0.270 e. The minimum absolute atomic E-state index is 0.0346. The first kappa shape index (κ1) is 14.6. The molecule has 1 atom stereocenters. The summed E-state index contributed by atoms with van der Waals surface area (Å²) in [6, 6.07) is 4.37. The van der Waals surface area contributed by atoms with Crippen molar-refractivity contribution in [3.05, 3.63) is 38.9 Å². The fourth-order valence-electron chi connectivity index (χ4n) is 1.90. The molecule has 1 rings (SSSR count). The van der Waals surface area contributed by atoms with Crippen LogP contribution in [0.25, 0.3) is 0 Å². The Morgan fingerprint density at radius 2 is 2.06 bits per heavy atom. The Balaban J connectivity index is 2.97. The van der Waals surface area contributed by atoms with Crippen molar-refractivity contribution in [3.8, 4) is 0 Å². The fraction of sp³-hybridized carbons (Fsp3) is 0.462. The second-order valence-corrected chi connectivity index (χ2v) is 5.11. The number of hydrogen-bond acceptors (Lipinski definition) is 3. The zero-order valence-electron chi connectivity index (χ0n) is 10.6. The molecule has 1 aromatic carbocycles. The maximum absolute atomic E-state index is 11.5. The SMILES string of the molecule is CC(=O)C(Cc1ccc([N+](=O)[O-])cc1Cl)C(C)C. The van der Waals surface area contributed by atoms with Crippen LogP contribution in [-0.2, 0) is 11.2 Å². The summed E-state index contributed by atoms with van der Waals surface area (Å²) in [6.07, 6.45) is 0.518. The molecule has 0 saturated heterocycles. The molecule has 0 aliphatic rings. The van der Waals surface area contributed by atoms with Gasteiger partial charge >= 0.3 is 0 Å². The molecule has 0 bridgehead atoms. The molecule has 5 heteroatoms. The summed E-state index contributed by atoms with van der Waals surface area (Å²) in [4.78, 5) is 21.6. The predicted molar refractivity (Wildman–Crippen MR) is 70.8 cm³/mol. The van der Waals surface area contributed by atoms with Crippen molar-refractivity contribution in [1.82, 2.24) is 0 Å². The lowest BCUT2D eigenvalue weighted by Gasteiger charge is -2.18. The number of benzene rings is 1. The summed E-state index contributed by atoms with van der Waals surface area (Å²) in [6.45, 7) is 5.51. The van der Waals surface area contributed by atoms with Crippen molar-refractivity contribution in [2.75, 3.05) is 0 Å². The number of nitro groups is 1. The van der Waals surface area contributed by atoms with Crippen LogP contribution in [0.4, 0.5) is 5.69 Å². The molecule has 18 heavy (non-hydrogen) atoms. The normalized spacial score (nSPS) is 12.5. The highest BCUT2D eigenvalue weighted by molar-refractivity contribution is 6.31. The highest BCUT2D eigenvalue weighted by Gasteiger charge is 2.20. The molecule has 0 fully saturated rings. The average molecular weight is 270 g/mol. The van der Waals surface area contributed by atoms with Crippen LogP contribution in [-0.4, -0.2) is 10.7 Å². The number of ketones is 1. The van der Waals surface area contributed by atoms with Crippen molar-refractivity contribution in [2.45, 2.75) is 27.2 Å². The van der Waals surface area contributed by atoms with Crippen molar-refractivity contribution < 1.29 is 9.72 Å². The Labute approximate surface area is 111 Å². The van der Waals surface area contributed by atoms with Crippen LogP contribution in [0.5, 0.6) is 0 Å². The molecule has 0 heterocycles. The molecule has 0 radical (unpaired) electrons. The van der Waals surface area contributed by atoms with Crippen LogP contribution in [0.2, 0.25) is 5.02 Å². The quantitative estimate of drug-likeness (QED) is 0.605. The maximum atomic E-state index is 11.5. The van der Waals surface area contributed by atoms with E-state index in [-0.39, 0.29) is 23.3 Å². The lowest BCUT2D eigenvalue weighted by Crippen LogP contribution is -2.20. The van der Waals surface area contributed by atoms with Crippen LogP contribution in [0, 0.1) is 22.0 Å². The molecule has 0 aliphatic carbocycles. The van der Waals surface area contributed by atoms with Gasteiger partial charge in [0, 0.05) is 18.1 Å². The van der Waals surface area contributed by atoms with Crippen LogP contribution >= 0.6 is 11.6 Å². The van der Waals surface area contributed by atoms with Gasteiger partial charge in [-0.1, -0.05) is 31.5 Å². The minimum atomic E-state index is -0.486. The van der Waals surface area contributed by atoms with E-state index in [0.29, 0.717) is 11.4 Å². The van der Waals surface area contributed by atoms with E-state index in [0.717, 1.165) is 5.56 Å². The van der Waals surface area contributed by atoms with Gasteiger partial charge in [-0.3, -0.25) is 14.9 Å². The lowest BCUT2D eigenvalue weighted by molar-refractivity contribution is -0.384. The number of carbonyl (C=O) groups is 1. The van der Waals surface area contributed by atoms with E-state index in [9.17, 15) is 14.9 Å². The first-order valence-corrected chi connectivity index (χ1v) is 6.14. The third-order valence-corrected chi connectivity index (χ3v) is 3.37. The first-order chi connectivity index (χ1) is 8.32. The van der Waals surface area contributed by atoms with Crippen LogP contribution < -0.4 is 0 Å². The smallest absolute Gasteiger partial charge is 0.270 e. The van der Waals surface area contributed by atoms with E-state index in [1.807, 2.05) is 13.8 Å². The number of nitro benzene ring substituents is 1. The largest absolute Gasteiger partial charge is 0.300 e. The van der Waals surface area contributed by atoms with E-state index in [4.69, 9.17) is 11.6 Å². The Hall–Kier alpha value is -1.42. The van der Waals surface area contributed by atoms with Gasteiger partial charge in [-0.25, -0.2) is 0 Å². The number of Topliss-reactive ketones (excluding diaryl/α,β-unsaturated/α-hetero) is 1. The molecule has 98 valence electrons. The third kappa shape index (κ3) is 3.53. The van der Waals surface area contributed by atoms with Gasteiger partial charge < -0.3 is 0 Å². The average Bonchev–Trinajstić information content (AvgIpc) is 2.25. The molecule has 1 aromatic rings. The molecular weight excluding hydrogens is 254 g/mol. The van der Waals surface area contributed by atoms with Gasteiger partial charge in [0.05, 0.1) is 9.95 Å². The third-order valence-electron chi connectivity index (χ3n) is 3.01. The molecule has 0 aliphatic heterocycles. The molecular formula is C13H16ClNO3. The topological polar surface area (TPSA) is 60.2 Å². The van der Waals surface area contributed by atoms with E-state index in [2.05, 4.69) is 0 Å². The Kier molecular flexibility index (Phi) is 4.84. The van der Waals surface area contributed by atoms with Crippen LogP contribution in [0.1, 0.15) is 26.3 Å². The van der Waals surface area contributed by atoms with Gasteiger partial charge in [0.2, 0.25) is 0 Å². The molecule has 1 unspecified atom stereocenters. The molecule has 0 spiro atoms.